The minimum Gasteiger partial charge on any atom is -0.342 e. The van der Waals surface area contributed by atoms with Crippen molar-refractivity contribution in [1.82, 2.24) is 40.9 Å². The SMILES string of the molecule is CCC(C)C1C(=O)N2NCCCC2C(=O)N2NCCCC2C(=O)N(C)C(Cc2ccccc2)C(=O)N2CCCC2C(=O)NC(Cc2ccccc2)C(=O)N1C. The van der Waals surface area contributed by atoms with Crippen LogP contribution in [0.25, 0.3) is 0 Å². The predicted octanol–water partition coefficient (Wildman–Crippen LogP) is 1.65. The van der Waals surface area contributed by atoms with Crippen LogP contribution in [0.15, 0.2) is 60.7 Å². The summed E-state index contributed by atoms with van der Waals surface area (Å²) >= 11 is 0. The fourth-order valence-corrected chi connectivity index (χ4v) is 8.53. The molecule has 6 amide bonds. The summed E-state index contributed by atoms with van der Waals surface area (Å²) in [6.45, 7) is 5.06. The highest BCUT2D eigenvalue weighted by atomic mass is 16.2. The van der Waals surface area contributed by atoms with E-state index in [0.29, 0.717) is 64.6 Å². The van der Waals surface area contributed by atoms with E-state index in [0.717, 1.165) is 11.1 Å². The first-order chi connectivity index (χ1) is 26.5. The average Bonchev–Trinajstić information content (AvgIpc) is 3.72. The molecule has 7 atom stereocenters. The van der Waals surface area contributed by atoms with Crippen molar-refractivity contribution in [3.63, 3.8) is 0 Å². The normalized spacial score (nSPS) is 28.3. The van der Waals surface area contributed by atoms with Crippen LogP contribution in [-0.4, -0.2) is 130 Å². The molecule has 0 saturated carbocycles. The van der Waals surface area contributed by atoms with Gasteiger partial charge in [0.05, 0.1) is 0 Å². The van der Waals surface area contributed by atoms with Crippen LogP contribution < -0.4 is 16.2 Å². The van der Waals surface area contributed by atoms with Crippen molar-refractivity contribution in [2.24, 2.45) is 5.92 Å². The van der Waals surface area contributed by atoms with Gasteiger partial charge in [0.1, 0.15) is 36.3 Å². The number of nitrogens with zero attached hydrogens (tertiary/aromatic N) is 5. The van der Waals surface area contributed by atoms with Gasteiger partial charge in [-0.3, -0.25) is 38.8 Å². The molecule has 4 heterocycles. The van der Waals surface area contributed by atoms with E-state index in [4.69, 9.17) is 0 Å². The summed E-state index contributed by atoms with van der Waals surface area (Å²) in [5.41, 5.74) is 7.97. The van der Waals surface area contributed by atoms with Gasteiger partial charge in [-0.05, 0) is 55.6 Å². The number of nitrogens with one attached hydrogen (secondary N) is 3. The second-order valence-corrected chi connectivity index (χ2v) is 15.4. The highest BCUT2D eigenvalue weighted by Gasteiger charge is 2.47. The van der Waals surface area contributed by atoms with Gasteiger partial charge in [-0.15, -0.1) is 0 Å². The minimum atomic E-state index is -1.05. The van der Waals surface area contributed by atoms with Crippen LogP contribution in [0.2, 0.25) is 0 Å². The lowest BCUT2D eigenvalue weighted by molar-refractivity contribution is -0.165. The molecule has 4 aliphatic heterocycles. The second kappa shape index (κ2) is 17.8. The number of carbonyl (C=O) groups is 6. The summed E-state index contributed by atoms with van der Waals surface area (Å²) in [5.74, 6) is -2.83. The fraction of sp³-hybridized carbons (Fsp3) is 0.561. The number of likely N-dealkylation sites (N-methyl/N-ethyl adjacent to an activating group) is 2. The van der Waals surface area contributed by atoms with Crippen LogP contribution in [0.5, 0.6) is 0 Å². The van der Waals surface area contributed by atoms with Crippen LogP contribution in [0.1, 0.15) is 69.9 Å². The molecule has 2 aromatic carbocycles. The summed E-state index contributed by atoms with van der Waals surface area (Å²) in [6, 6.07) is 13.0. The predicted molar refractivity (Wildman–Crippen MR) is 205 cm³/mol. The van der Waals surface area contributed by atoms with Gasteiger partial charge in [0.2, 0.25) is 23.6 Å². The molecule has 4 fully saturated rings. The third-order valence-electron chi connectivity index (χ3n) is 11.8. The highest BCUT2D eigenvalue weighted by molar-refractivity contribution is 5.98. The van der Waals surface area contributed by atoms with Crippen molar-refractivity contribution in [3.8, 4) is 0 Å². The van der Waals surface area contributed by atoms with Gasteiger partial charge in [0.25, 0.3) is 11.8 Å². The van der Waals surface area contributed by atoms with Crippen LogP contribution in [0.4, 0.5) is 0 Å². The first-order valence-corrected chi connectivity index (χ1v) is 19.9. The molecule has 4 saturated heterocycles. The van der Waals surface area contributed by atoms with Crippen molar-refractivity contribution in [1.29, 1.82) is 0 Å². The van der Waals surface area contributed by atoms with Crippen molar-refractivity contribution >= 4 is 35.4 Å². The molecule has 0 bridgehead atoms. The van der Waals surface area contributed by atoms with Gasteiger partial charge in [-0.25, -0.2) is 10.9 Å². The standard InChI is InChI=1S/C41H56N8O6/c1-5-27(2)35-41(55)49-33(20-13-23-43-49)40(54)48-32(19-12-22-42-48)38(52)45(3)34(26-29-17-10-7-11-18-29)39(53)47-24-14-21-31(47)36(50)44-30(37(51)46(35)4)25-28-15-8-6-9-16-28/h6-11,15-18,27,30-35,42-43H,5,12-14,19-26H2,1-4H3,(H,44,50). The third kappa shape index (κ3) is 8.55. The average molecular weight is 757 g/mol. The first-order valence-electron chi connectivity index (χ1n) is 19.9. The van der Waals surface area contributed by atoms with E-state index in [1.807, 2.05) is 74.5 Å². The summed E-state index contributed by atoms with van der Waals surface area (Å²) < 4.78 is 0. The molecule has 0 aliphatic carbocycles. The van der Waals surface area contributed by atoms with Crippen LogP contribution in [0.3, 0.4) is 0 Å². The second-order valence-electron chi connectivity index (χ2n) is 15.4. The molecule has 4 aliphatic rings. The zero-order valence-electron chi connectivity index (χ0n) is 32.5. The number of hydrogen-bond acceptors (Lipinski definition) is 8. The summed E-state index contributed by atoms with van der Waals surface area (Å²) in [5, 5.41) is 5.73. The molecular weight excluding hydrogens is 701 g/mol. The largest absolute Gasteiger partial charge is 0.342 e. The number of amides is 6. The van der Waals surface area contributed by atoms with Crippen molar-refractivity contribution in [3.05, 3.63) is 71.8 Å². The Hall–Kier alpha value is -4.82. The maximum Gasteiger partial charge on any atom is 0.261 e. The molecule has 55 heavy (non-hydrogen) atoms. The maximum absolute atomic E-state index is 14.8. The monoisotopic (exact) mass is 756 g/mol. The quantitative estimate of drug-likeness (QED) is 0.403. The van der Waals surface area contributed by atoms with Crippen LogP contribution in [-0.2, 0) is 41.6 Å². The number of hydrazine groups is 2. The van der Waals surface area contributed by atoms with E-state index in [1.165, 1.54) is 19.8 Å². The topological polar surface area (TPSA) is 155 Å². The van der Waals surface area contributed by atoms with Gasteiger partial charge >= 0.3 is 0 Å². The lowest BCUT2D eigenvalue weighted by Crippen LogP contribution is -2.69. The van der Waals surface area contributed by atoms with Gasteiger partial charge in [0.15, 0.2) is 0 Å². The zero-order valence-corrected chi connectivity index (χ0v) is 32.5. The third-order valence-corrected chi connectivity index (χ3v) is 11.8. The van der Waals surface area contributed by atoms with Crippen LogP contribution >= 0.6 is 0 Å². The Morgan fingerprint density at radius 2 is 1.18 bits per heavy atom. The molecule has 14 heteroatoms. The Morgan fingerprint density at radius 3 is 1.78 bits per heavy atom. The van der Waals surface area contributed by atoms with E-state index in [9.17, 15) is 28.8 Å². The summed E-state index contributed by atoms with van der Waals surface area (Å²) in [6.07, 6.45) is 3.85. The van der Waals surface area contributed by atoms with Crippen molar-refractivity contribution in [2.45, 2.75) is 108 Å². The van der Waals surface area contributed by atoms with Gasteiger partial charge in [0, 0.05) is 46.6 Å². The van der Waals surface area contributed by atoms with Gasteiger partial charge in [-0.2, -0.15) is 0 Å². The minimum absolute atomic E-state index is 0.163. The van der Waals surface area contributed by atoms with Crippen molar-refractivity contribution in [2.75, 3.05) is 33.7 Å². The molecule has 0 radical (unpaired) electrons. The summed E-state index contributed by atoms with van der Waals surface area (Å²) in [7, 11) is 3.17. The number of benzene rings is 2. The molecule has 296 valence electrons. The highest BCUT2D eigenvalue weighted by Crippen LogP contribution is 2.27. The lowest BCUT2D eigenvalue weighted by atomic mass is 9.94. The Bertz CT molecular complexity index is 1710. The van der Waals surface area contributed by atoms with E-state index < -0.39 is 65.8 Å². The first kappa shape index (κ1) is 39.9. The number of rotatable bonds is 6. The molecular formula is C41H56N8O6. The molecule has 14 nitrogen and oxygen atoms in total. The zero-order chi connectivity index (χ0) is 39.2. The number of hydrogen-bond donors (Lipinski definition) is 3. The van der Waals surface area contributed by atoms with Gasteiger partial charge < -0.3 is 20.0 Å². The van der Waals surface area contributed by atoms with E-state index in [2.05, 4.69) is 16.2 Å². The van der Waals surface area contributed by atoms with Crippen molar-refractivity contribution < 1.29 is 28.8 Å². The molecule has 2 aromatic rings. The number of fused-ring (bicyclic) bond motifs is 3. The number of carbonyl (C=O) groups excluding carboxylic acids is 6. The van der Waals surface area contributed by atoms with Crippen LogP contribution in [0, 0.1) is 5.92 Å². The maximum atomic E-state index is 14.8. The van der Waals surface area contributed by atoms with E-state index in [-0.39, 0.29) is 24.7 Å². The Morgan fingerprint density at radius 1 is 0.636 bits per heavy atom. The Kier molecular flexibility index (Phi) is 12.9. The molecule has 3 N–H and O–H groups in total. The van der Waals surface area contributed by atoms with Gasteiger partial charge in [-0.1, -0.05) is 80.9 Å². The summed E-state index contributed by atoms with van der Waals surface area (Å²) in [4.78, 5) is 92.2. The molecule has 0 spiro atoms. The fourth-order valence-electron chi connectivity index (χ4n) is 8.53. The molecule has 7 unspecified atom stereocenters. The molecule has 6 rings (SSSR count). The Labute approximate surface area is 323 Å². The Balaban J connectivity index is 1.45. The lowest BCUT2D eigenvalue weighted by Gasteiger charge is -2.45. The molecule has 0 aromatic heterocycles. The smallest absolute Gasteiger partial charge is 0.261 e. The van der Waals surface area contributed by atoms with E-state index in [1.54, 1.807) is 19.0 Å². The van der Waals surface area contributed by atoms with E-state index >= 15 is 0 Å².